The normalized spacial score (nSPS) is 11.9. The number of hydrogen-bond acceptors (Lipinski definition) is 3. The van der Waals surface area contributed by atoms with E-state index in [0.29, 0.717) is 6.61 Å². The van der Waals surface area contributed by atoms with Crippen molar-refractivity contribution < 1.29 is 14.3 Å². The minimum absolute atomic E-state index is 0.203. The summed E-state index contributed by atoms with van der Waals surface area (Å²) in [6.45, 7) is 4.56. The fraction of sp³-hybridized carbons (Fsp3) is 0.533. The summed E-state index contributed by atoms with van der Waals surface area (Å²) in [7, 11) is 0. The van der Waals surface area contributed by atoms with Gasteiger partial charge in [0.25, 0.3) is 0 Å². The predicted molar refractivity (Wildman–Crippen MR) is 71.4 cm³/mol. The summed E-state index contributed by atoms with van der Waals surface area (Å²) in [6, 6.07) is 9.79. The van der Waals surface area contributed by atoms with Crippen LogP contribution in [0.5, 0.6) is 0 Å². The Morgan fingerprint density at radius 2 is 1.89 bits per heavy atom. The van der Waals surface area contributed by atoms with Crippen LogP contribution in [0.1, 0.15) is 51.2 Å². The number of benzene rings is 1. The highest BCUT2D eigenvalue weighted by Gasteiger charge is 2.16. The lowest BCUT2D eigenvalue weighted by Gasteiger charge is -2.17. The molecule has 3 heteroatoms. The summed E-state index contributed by atoms with van der Waals surface area (Å²) in [5, 5.41) is 0. The zero-order chi connectivity index (χ0) is 13.2. The van der Waals surface area contributed by atoms with Crippen LogP contribution < -0.4 is 0 Å². The number of rotatable bonds is 7. The van der Waals surface area contributed by atoms with E-state index in [2.05, 4.69) is 13.8 Å². The van der Waals surface area contributed by atoms with Crippen molar-refractivity contribution in [2.75, 3.05) is 6.61 Å². The lowest BCUT2D eigenvalue weighted by Crippen LogP contribution is -2.13. The summed E-state index contributed by atoms with van der Waals surface area (Å²) in [6.07, 6.45) is 2.88. The van der Waals surface area contributed by atoms with Gasteiger partial charge in [-0.1, -0.05) is 57.0 Å². The molecule has 0 aromatic heterocycles. The van der Waals surface area contributed by atoms with E-state index in [1.165, 1.54) is 0 Å². The summed E-state index contributed by atoms with van der Waals surface area (Å²) < 4.78 is 10.4. The molecule has 18 heavy (non-hydrogen) atoms. The van der Waals surface area contributed by atoms with E-state index in [4.69, 9.17) is 9.47 Å². The van der Waals surface area contributed by atoms with Crippen molar-refractivity contribution in [3.05, 3.63) is 35.9 Å². The van der Waals surface area contributed by atoms with Crippen molar-refractivity contribution >= 4 is 6.16 Å². The molecule has 3 nitrogen and oxygen atoms in total. The minimum Gasteiger partial charge on any atom is -0.434 e. The molecule has 1 aromatic rings. The van der Waals surface area contributed by atoms with Crippen LogP contribution in [0.4, 0.5) is 4.79 Å². The SMILES string of the molecule is CCCCOC(=O)OC(CCC)c1ccccc1. The van der Waals surface area contributed by atoms with Crippen LogP contribution in [0, 0.1) is 0 Å². The van der Waals surface area contributed by atoms with Crippen LogP contribution >= 0.6 is 0 Å². The van der Waals surface area contributed by atoms with Crippen LogP contribution in [0.3, 0.4) is 0 Å². The summed E-state index contributed by atoms with van der Waals surface area (Å²) in [4.78, 5) is 11.5. The quantitative estimate of drug-likeness (QED) is 0.528. The van der Waals surface area contributed by atoms with Gasteiger partial charge in [-0.2, -0.15) is 0 Å². The Morgan fingerprint density at radius 3 is 2.50 bits per heavy atom. The predicted octanol–water partition coefficient (Wildman–Crippen LogP) is 4.48. The molecule has 0 spiro atoms. The van der Waals surface area contributed by atoms with E-state index in [9.17, 15) is 4.79 Å². The zero-order valence-electron chi connectivity index (χ0n) is 11.2. The molecule has 0 fully saturated rings. The molecule has 0 saturated heterocycles. The molecular formula is C15H22O3. The first-order valence-corrected chi connectivity index (χ1v) is 6.66. The Morgan fingerprint density at radius 1 is 1.17 bits per heavy atom. The maximum atomic E-state index is 11.5. The molecule has 0 radical (unpaired) electrons. The van der Waals surface area contributed by atoms with Gasteiger partial charge in [-0.3, -0.25) is 0 Å². The first kappa shape index (κ1) is 14.6. The molecular weight excluding hydrogens is 228 g/mol. The molecule has 1 atom stereocenters. The van der Waals surface area contributed by atoms with Crippen molar-refractivity contribution in [3.8, 4) is 0 Å². The molecule has 1 aromatic carbocycles. The van der Waals surface area contributed by atoms with E-state index in [-0.39, 0.29) is 6.10 Å². The highest BCUT2D eigenvalue weighted by Crippen LogP contribution is 2.23. The van der Waals surface area contributed by atoms with Crippen LogP contribution in [-0.4, -0.2) is 12.8 Å². The number of carbonyl (C=O) groups excluding carboxylic acids is 1. The van der Waals surface area contributed by atoms with Crippen LogP contribution in [0.15, 0.2) is 30.3 Å². The van der Waals surface area contributed by atoms with Gasteiger partial charge in [0.1, 0.15) is 6.10 Å². The van der Waals surface area contributed by atoms with Gasteiger partial charge >= 0.3 is 6.16 Å². The largest absolute Gasteiger partial charge is 0.508 e. The average Bonchev–Trinajstić information content (AvgIpc) is 2.39. The maximum absolute atomic E-state index is 11.5. The molecule has 1 unspecified atom stereocenters. The van der Waals surface area contributed by atoms with Gasteiger partial charge in [-0.15, -0.1) is 0 Å². The highest BCUT2D eigenvalue weighted by atomic mass is 16.7. The zero-order valence-corrected chi connectivity index (χ0v) is 11.2. The fourth-order valence-corrected chi connectivity index (χ4v) is 1.67. The van der Waals surface area contributed by atoms with E-state index >= 15 is 0 Å². The first-order chi connectivity index (χ1) is 8.77. The highest BCUT2D eigenvalue weighted by molar-refractivity contribution is 5.60. The van der Waals surface area contributed by atoms with Crippen molar-refractivity contribution in [1.29, 1.82) is 0 Å². The van der Waals surface area contributed by atoms with E-state index in [0.717, 1.165) is 31.2 Å². The van der Waals surface area contributed by atoms with Gasteiger partial charge in [0.2, 0.25) is 0 Å². The molecule has 0 heterocycles. The molecule has 0 aliphatic carbocycles. The second kappa shape index (κ2) is 8.56. The Hall–Kier alpha value is -1.51. The summed E-state index contributed by atoms with van der Waals surface area (Å²) >= 11 is 0. The lowest BCUT2D eigenvalue weighted by atomic mass is 10.1. The molecule has 0 aliphatic heterocycles. The number of hydrogen-bond donors (Lipinski definition) is 0. The third-order valence-electron chi connectivity index (χ3n) is 2.68. The van der Waals surface area contributed by atoms with Crippen LogP contribution in [0.2, 0.25) is 0 Å². The summed E-state index contributed by atoms with van der Waals surface area (Å²) in [5.41, 5.74) is 1.02. The van der Waals surface area contributed by atoms with Gasteiger partial charge < -0.3 is 9.47 Å². The van der Waals surface area contributed by atoms with Crippen molar-refractivity contribution in [2.45, 2.75) is 45.6 Å². The molecule has 0 saturated carbocycles. The van der Waals surface area contributed by atoms with Crippen LogP contribution in [-0.2, 0) is 9.47 Å². The Balaban J connectivity index is 2.50. The second-order valence-electron chi connectivity index (χ2n) is 4.26. The maximum Gasteiger partial charge on any atom is 0.508 e. The molecule has 1 rings (SSSR count). The third kappa shape index (κ3) is 5.21. The van der Waals surface area contributed by atoms with Gasteiger partial charge in [0.15, 0.2) is 0 Å². The summed E-state index contributed by atoms with van der Waals surface area (Å²) in [5.74, 6) is 0. The van der Waals surface area contributed by atoms with Crippen LogP contribution in [0.25, 0.3) is 0 Å². The van der Waals surface area contributed by atoms with Crippen molar-refractivity contribution in [1.82, 2.24) is 0 Å². The molecule has 0 amide bonds. The average molecular weight is 250 g/mol. The lowest BCUT2D eigenvalue weighted by molar-refractivity contribution is 0.0191. The Kier molecular flexibility index (Phi) is 6.92. The molecule has 100 valence electrons. The smallest absolute Gasteiger partial charge is 0.434 e. The first-order valence-electron chi connectivity index (χ1n) is 6.66. The second-order valence-corrected chi connectivity index (χ2v) is 4.26. The topological polar surface area (TPSA) is 35.5 Å². The van der Waals surface area contributed by atoms with Gasteiger partial charge in [0, 0.05) is 0 Å². The number of carbonyl (C=O) groups is 1. The van der Waals surface area contributed by atoms with E-state index < -0.39 is 6.16 Å². The number of unbranched alkanes of at least 4 members (excludes halogenated alkanes) is 1. The Labute approximate surface area is 109 Å². The van der Waals surface area contributed by atoms with Gasteiger partial charge in [-0.25, -0.2) is 4.79 Å². The standard InChI is InChI=1S/C15H22O3/c1-3-5-12-17-15(16)18-14(9-4-2)13-10-7-6-8-11-13/h6-8,10-11,14H,3-5,9,12H2,1-2H3. The molecule has 0 bridgehead atoms. The van der Waals surface area contributed by atoms with Gasteiger partial charge in [0.05, 0.1) is 6.61 Å². The minimum atomic E-state index is -0.564. The third-order valence-corrected chi connectivity index (χ3v) is 2.68. The van der Waals surface area contributed by atoms with Gasteiger partial charge in [-0.05, 0) is 18.4 Å². The molecule has 0 aliphatic rings. The van der Waals surface area contributed by atoms with E-state index in [1.807, 2.05) is 30.3 Å². The van der Waals surface area contributed by atoms with Crippen molar-refractivity contribution in [3.63, 3.8) is 0 Å². The molecule has 0 N–H and O–H groups in total. The van der Waals surface area contributed by atoms with E-state index in [1.54, 1.807) is 0 Å². The van der Waals surface area contributed by atoms with Crippen molar-refractivity contribution in [2.24, 2.45) is 0 Å². The fourth-order valence-electron chi connectivity index (χ4n) is 1.67. The monoisotopic (exact) mass is 250 g/mol. The Bertz CT molecular complexity index is 335. The number of ether oxygens (including phenoxy) is 2.